The molecule has 0 aliphatic carbocycles. The Bertz CT molecular complexity index is 824. The van der Waals surface area contributed by atoms with Crippen LogP contribution in [0.4, 0.5) is 0 Å². The molecule has 3 rings (SSSR count). The van der Waals surface area contributed by atoms with E-state index in [-0.39, 0.29) is 11.4 Å². The van der Waals surface area contributed by atoms with Crippen molar-refractivity contribution in [3.63, 3.8) is 0 Å². The normalized spacial score (nSPS) is 12.2. The van der Waals surface area contributed by atoms with Crippen LogP contribution in [0, 0.1) is 0 Å². The summed E-state index contributed by atoms with van der Waals surface area (Å²) in [6.45, 7) is 7.27. The predicted octanol–water partition coefficient (Wildman–Crippen LogP) is 6.18. The molecule has 142 valence electrons. The topological polar surface area (TPSA) is 26.3 Å². The van der Waals surface area contributed by atoms with Gasteiger partial charge in [0.2, 0.25) is 0 Å². The lowest BCUT2D eigenvalue weighted by molar-refractivity contribution is -0.139. The summed E-state index contributed by atoms with van der Waals surface area (Å²) in [7, 11) is 0. The first-order valence-corrected chi connectivity index (χ1v) is 10.1. The van der Waals surface area contributed by atoms with E-state index in [1.165, 1.54) is 0 Å². The SMILES string of the molecule is C=C(C)C(=O)OC(C)SC(c1ccccc1)(c1ccccc1)c1ccccc1. The van der Waals surface area contributed by atoms with Crippen LogP contribution in [-0.2, 0) is 14.3 Å². The van der Waals surface area contributed by atoms with Gasteiger partial charge in [-0.15, -0.1) is 0 Å². The molecule has 0 spiro atoms. The van der Waals surface area contributed by atoms with E-state index in [9.17, 15) is 4.79 Å². The molecule has 0 aromatic heterocycles. The van der Waals surface area contributed by atoms with Crippen molar-refractivity contribution in [2.24, 2.45) is 0 Å². The van der Waals surface area contributed by atoms with Crippen LogP contribution in [0.5, 0.6) is 0 Å². The molecule has 1 atom stereocenters. The van der Waals surface area contributed by atoms with Gasteiger partial charge in [0.15, 0.2) is 0 Å². The summed E-state index contributed by atoms with van der Waals surface area (Å²) in [5.74, 6) is -0.372. The molecule has 0 radical (unpaired) electrons. The van der Waals surface area contributed by atoms with Gasteiger partial charge in [-0.25, -0.2) is 4.79 Å². The van der Waals surface area contributed by atoms with E-state index in [4.69, 9.17) is 4.74 Å². The molecule has 3 aromatic rings. The van der Waals surface area contributed by atoms with Crippen molar-refractivity contribution < 1.29 is 9.53 Å². The minimum absolute atomic E-state index is 0.371. The van der Waals surface area contributed by atoms with Crippen LogP contribution in [0.1, 0.15) is 30.5 Å². The second-order valence-corrected chi connectivity index (χ2v) is 8.16. The molecular weight excluding hydrogens is 364 g/mol. The van der Waals surface area contributed by atoms with Gasteiger partial charge in [-0.3, -0.25) is 0 Å². The molecule has 28 heavy (non-hydrogen) atoms. The van der Waals surface area contributed by atoms with Gasteiger partial charge in [-0.1, -0.05) is 109 Å². The monoisotopic (exact) mass is 388 g/mol. The molecule has 3 heteroatoms. The summed E-state index contributed by atoms with van der Waals surface area (Å²) < 4.78 is 5.14. The van der Waals surface area contributed by atoms with E-state index in [0.29, 0.717) is 5.57 Å². The number of rotatable bonds is 7. The average molecular weight is 389 g/mol. The van der Waals surface area contributed by atoms with Crippen LogP contribution >= 0.6 is 11.8 Å². The highest BCUT2D eigenvalue weighted by Gasteiger charge is 2.39. The minimum atomic E-state index is -0.515. The van der Waals surface area contributed by atoms with E-state index in [2.05, 4.69) is 43.0 Å². The van der Waals surface area contributed by atoms with Crippen LogP contribution < -0.4 is 0 Å². The van der Waals surface area contributed by atoms with Crippen molar-refractivity contribution in [3.05, 3.63) is 120 Å². The highest BCUT2D eigenvalue weighted by molar-refractivity contribution is 8.01. The van der Waals surface area contributed by atoms with Crippen LogP contribution in [0.25, 0.3) is 0 Å². The lowest BCUT2D eigenvalue weighted by Crippen LogP contribution is -2.29. The van der Waals surface area contributed by atoms with Gasteiger partial charge >= 0.3 is 5.97 Å². The summed E-state index contributed by atoms with van der Waals surface area (Å²) in [5, 5.41) is 0. The molecule has 0 bridgehead atoms. The number of carbonyl (C=O) groups excluding carboxylic acids is 1. The van der Waals surface area contributed by atoms with E-state index in [1.54, 1.807) is 18.7 Å². The second-order valence-electron chi connectivity index (χ2n) is 6.65. The molecule has 0 fully saturated rings. The first-order valence-electron chi connectivity index (χ1n) is 9.25. The Labute approximate surface area is 171 Å². The number of ether oxygens (including phenoxy) is 1. The summed E-state index contributed by atoms with van der Waals surface area (Å²) in [4.78, 5) is 12.1. The third-order valence-electron chi connectivity index (χ3n) is 4.51. The molecular formula is C25H24O2S. The van der Waals surface area contributed by atoms with Crippen molar-refractivity contribution in [1.29, 1.82) is 0 Å². The molecule has 0 N–H and O–H groups in total. The minimum Gasteiger partial charge on any atom is -0.448 e. The summed E-state index contributed by atoms with van der Waals surface area (Å²) in [5.41, 5.74) is 3.43. The third kappa shape index (κ3) is 4.20. The number of hydrogen-bond donors (Lipinski definition) is 0. The molecule has 3 aromatic carbocycles. The van der Waals surface area contributed by atoms with Crippen LogP contribution in [0.2, 0.25) is 0 Å². The van der Waals surface area contributed by atoms with Crippen molar-refractivity contribution in [2.75, 3.05) is 0 Å². The summed E-state index contributed by atoms with van der Waals surface area (Å²) in [6, 6.07) is 31.0. The Hall–Kier alpha value is -2.78. The fourth-order valence-corrected chi connectivity index (χ4v) is 4.70. The third-order valence-corrected chi connectivity index (χ3v) is 5.99. The zero-order chi connectivity index (χ0) is 20.0. The molecule has 0 heterocycles. The Morgan fingerprint density at radius 3 is 1.50 bits per heavy atom. The summed E-state index contributed by atoms with van der Waals surface area (Å²) in [6.07, 6.45) is 0. The molecule has 0 saturated heterocycles. The lowest BCUT2D eigenvalue weighted by atomic mass is 9.84. The Balaban J connectivity index is 2.16. The first-order chi connectivity index (χ1) is 13.5. The van der Waals surface area contributed by atoms with E-state index in [1.807, 2.05) is 61.5 Å². The zero-order valence-corrected chi connectivity index (χ0v) is 17.0. The van der Waals surface area contributed by atoms with Crippen molar-refractivity contribution in [2.45, 2.75) is 24.0 Å². The number of thioether (sulfide) groups is 1. The lowest BCUT2D eigenvalue weighted by Gasteiger charge is -2.37. The smallest absolute Gasteiger partial charge is 0.334 e. The maximum atomic E-state index is 12.1. The molecule has 0 saturated carbocycles. The maximum Gasteiger partial charge on any atom is 0.334 e. The van der Waals surface area contributed by atoms with Gasteiger partial charge in [-0.2, -0.15) is 0 Å². The maximum absolute atomic E-state index is 12.1. The van der Waals surface area contributed by atoms with E-state index >= 15 is 0 Å². The van der Waals surface area contributed by atoms with Gasteiger partial charge in [-0.05, 0) is 30.5 Å². The summed E-state index contributed by atoms with van der Waals surface area (Å²) >= 11 is 1.61. The highest BCUT2D eigenvalue weighted by Crippen LogP contribution is 2.50. The van der Waals surface area contributed by atoms with Gasteiger partial charge < -0.3 is 4.74 Å². The molecule has 1 unspecified atom stereocenters. The predicted molar refractivity (Wildman–Crippen MR) is 117 cm³/mol. The fourth-order valence-electron chi connectivity index (χ4n) is 3.25. The Morgan fingerprint density at radius 1 is 0.821 bits per heavy atom. The van der Waals surface area contributed by atoms with Crippen molar-refractivity contribution in [1.82, 2.24) is 0 Å². The number of benzene rings is 3. The zero-order valence-electron chi connectivity index (χ0n) is 16.2. The molecule has 0 aliphatic heterocycles. The second kappa shape index (κ2) is 8.94. The van der Waals surface area contributed by atoms with Gasteiger partial charge in [0.1, 0.15) is 5.44 Å². The van der Waals surface area contributed by atoms with Crippen LogP contribution in [0.3, 0.4) is 0 Å². The van der Waals surface area contributed by atoms with Crippen LogP contribution in [-0.4, -0.2) is 11.4 Å². The molecule has 2 nitrogen and oxygen atoms in total. The largest absolute Gasteiger partial charge is 0.448 e. The Kier molecular flexibility index (Phi) is 6.37. The van der Waals surface area contributed by atoms with Gasteiger partial charge in [0.25, 0.3) is 0 Å². The highest BCUT2D eigenvalue weighted by atomic mass is 32.2. The average Bonchev–Trinajstić information content (AvgIpc) is 2.74. The first kappa shape index (κ1) is 20.0. The van der Waals surface area contributed by atoms with Crippen molar-refractivity contribution in [3.8, 4) is 0 Å². The van der Waals surface area contributed by atoms with Gasteiger partial charge in [0.05, 0.1) is 4.75 Å². The van der Waals surface area contributed by atoms with Crippen LogP contribution in [0.15, 0.2) is 103 Å². The number of hydrogen-bond acceptors (Lipinski definition) is 3. The number of esters is 1. The van der Waals surface area contributed by atoms with Gasteiger partial charge in [0, 0.05) is 5.57 Å². The quantitative estimate of drug-likeness (QED) is 0.209. The fraction of sp³-hybridized carbons (Fsp3) is 0.160. The number of carbonyl (C=O) groups is 1. The Morgan fingerprint density at radius 2 is 1.18 bits per heavy atom. The van der Waals surface area contributed by atoms with E-state index in [0.717, 1.165) is 16.7 Å². The standard InChI is InChI=1S/C25H24O2S/c1-19(2)24(26)27-20(3)28-25(21-13-7-4-8-14-21,22-15-9-5-10-16-22)23-17-11-6-12-18-23/h4-18,20H,1H2,2-3H3. The molecule has 0 amide bonds. The van der Waals surface area contributed by atoms with Crippen molar-refractivity contribution >= 4 is 17.7 Å². The van der Waals surface area contributed by atoms with E-state index < -0.39 is 4.75 Å². The molecule has 0 aliphatic rings.